The van der Waals surface area contributed by atoms with Crippen LogP contribution in [0, 0.1) is 5.92 Å². The van der Waals surface area contributed by atoms with E-state index >= 15 is 0 Å². The van der Waals surface area contributed by atoms with Gasteiger partial charge >= 0.3 is 51.4 Å². The molecule has 0 spiro atoms. The van der Waals surface area contributed by atoms with Gasteiger partial charge in [-0.3, -0.25) is 0 Å². The van der Waals surface area contributed by atoms with Gasteiger partial charge in [-0.2, -0.15) is 7.05 Å². The minimum absolute atomic E-state index is 0. The van der Waals surface area contributed by atoms with E-state index in [1.807, 2.05) is 7.05 Å². The van der Waals surface area contributed by atoms with Crippen molar-refractivity contribution >= 4 is 0 Å². The van der Waals surface area contributed by atoms with E-state index < -0.39 is 0 Å². The first-order valence-electron chi connectivity index (χ1n) is 2.33. The van der Waals surface area contributed by atoms with Crippen molar-refractivity contribution in [2.45, 2.75) is 13.8 Å². The summed E-state index contributed by atoms with van der Waals surface area (Å²) in [5.74, 6) is 0.731. The average molecular weight is 125 g/mol. The van der Waals surface area contributed by atoms with Crippen molar-refractivity contribution in [3.63, 3.8) is 0 Å². The molecule has 0 heterocycles. The van der Waals surface area contributed by atoms with E-state index in [-0.39, 0.29) is 51.4 Å². The molecule has 0 atom stereocenters. The molecule has 1 nitrogen and oxygen atoms in total. The molecule has 0 radical (unpaired) electrons. The number of hydrogen-bond donors (Lipinski definition) is 0. The van der Waals surface area contributed by atoms with E-state index in [1.54, 1.807) is 0 Å². The molecule has 0 amide bonds. The molecule has 0 saturated heterocycles. The van der Waals surface area contributed by atoms with E-state index in [9.17, 15) is 0 Å². The minimum Gasteiger partial charge on any atom is -0.665 e. The van der Waals surface area contributed by atoms with Crippen LogP contribution in [-0.4, -0.2) is 13.6 Å². The summed E-state index contributed by atoms with van der Waals surface area (Å²) >= 11 is 0. The van der Waals surface area contributed by atoms with Gasteiger partial charge in [0.15, 0.2) is 0 Å². The molecule has 0 aliphatic carbocycles. The molecule has 0 aromatic rings. The molecule has 0 N–H and O–H groups in total. The summed E-state index contributed by atoms with van der Waals surface area (Å²) in [5.41, 5.74) is 0. The Morgan fingerprint density at radius 3 is 1.86 bits per heavy atom. The van der Waals surface area contributed by atoms with Crippen LogP contribution in [0.1, 0.15) is 13.8 Å². The third-order valence-corrected chi connectivity index (χ3v) is 0.548. The van der Waals surface area contributed by atoms with Gasteiger partial charge in [0.05, 0.1) is 0 Å². The van der Waals surface area contributed by atoms with Crippen LogP contribution in [0.3, 0.4) is 0 Å². The van der Waals surface area contributed by atoms with Crippen LogP contribution in [-0.2, 0) is 0 Å². The first-order chi connectivity index (χ1) is 2.77. The molecule has 0 aromatic carbocycles. The predicted molar refractivity (Wildman–Crippen MR) is 29.0 cm³/mol. The van der Waals surface area contributed by atoms with E-state index in [4.69, 9.17) is 0 Å². The van der Waals surface area contributed by atoms with Crippen molar-refractivity contribution in [3.05, 3.63) is 5.32 Å². The Balaban J connectivity index is 0. The van der Waals surface area contributed by atoms with Crippen LogP contribution in [0.4, 0.5) is 0 Å². The fourth-order valence-corrected chi connectivity index (χ4v) is 0.365. The molecule has 7 heavy (non-hydrogen) atoms. The summed E-state index contributed by atoms with van der Waals surface area (Å²) in [7, 11) is 1.85. The van der Waals surface area contributed by atoms with Crippen molar-refractivity contribution in [3.8, 4) is 0 Å². The standard InChI is InChI=1S/C5H12N.K/c1-5(2)4-6-3;/h5H,4H2,1-3H3;/q-1;+1. The zero-order valence-corrected chi connectivity index (χ0v) is 8.85. The summed E-state index contributed by atoms with van der Waals surface area (Å²) in [5, 5.41) is 3.94. The van der Waals surface area contributed by atoms with Crippen LogP contribution in [0.5, 0.6) is 0 Å². The van der Waals surface area contributed by atoms with Crippen molar-refractivity contribution in [1.29, 1.82) is 0 Å². The van der Waals surface area contributed by atoms with Gasteiger partial charge in [-0.15, -0.1) is 6.54 Å². The van der Waals surface area contributed by atoms with E-state index in [2.05, 4.69) is 19.2 Å². The number of nitrogens with zero attached hydrogens (tertiary/aromatic N) is 1. The van der Waals surface area contributed by atoms with Crippen LogP contribution >= 0.6 is 0 Å². The van der Waals surface area contributed by atoms with E-state index in [0.717, 1.165) is 12.5 Å². The molecule has 0 unspecified atom stereocenters. The van der Waals surface area contributed by atoms with Crippen LogP contribution < -0.4 is 51.4 Å². The van der Waals surface area contributed by atoms with Crippen molar-refractivity contribution in [2.24, 2.45) is 5.92 Å². The molecular formula is C5H12KN. The van der Waals surface area contributed by atoms with Crippen molar-refractivity contribution < 1.29 is 51.4 Å². The molecule has 38 valence electrons. The molecule has 0 rings (SSSR count). The van der Waals surface area contributed by atoms with Crippen LogP contribution in [0.25, 0.3) is 5.32 Å². The van der Waals surface area contributed by atoms with Crippen LogP contribution in [0.2, 0.25) is 0 Å². The average Bonchev–Trinajstić information content (AvgIpc) is 1.35. The Labute approximate surface area is 88.7 Å². The van der Waals surface area contributed by atoms with E-state index in [1.165, 1.54) is 0 Å². The maximum Gasteiger partial charge on any atom is 1.00 e. The van der Waals surface area contributed by atoms with Crippen molar-refractivity contribution in [2.75, 3.05) is 13.6 Å². The van der Waals surface area contributed by atoms with Gasteiger partial charge in [-0.25, -0.2) is 0 Å². The first-order valence-corrected chi connectivity index (χ1v) is 2.33. The maximum atomic E-state index is 3.94. The maximum absolute atomic E-state index is 3.94. The third kappa shape index (κ3) is 11.3. The summed E-state index contributed by atoms with van der Waals surface area (Å²) in [6.45, 7) is 5.32. The molecule has 0 fully saturated rings. The second kappa shape index (κ2) is 7.60. The molecule has 0 aliphatic rings. The Hall–Kier alpha value is 1.60. The molecule has 2 heteroatoms. The zero-order chi connectivity index (χ0) is 4.99. The minimum atomic E-state index is 0. The summed E-state index contributed by atoms with van der Waals surface area (Å²) < 4.78 is 0. The monoisotopic (exact) mass is 125 g/mol. The molecule has 0 bridgehead atoms. The number of rotatable bonds is 2. The third-order valence-electron chi connectivity index (χ3n) is 0.548. The van der Waals surface area contributed by atoms with Gasteiger partial charge in [0, 0.05) is 0 Å². The fraction of sp³-hybridized carbons (Fsp3) is 1.00. The topological polar surface area (TPSA) is 14.1 Å². The quantitative estimate of drug-likeness (QED) is 0.405. The second-order valence-corrected chi connectivity index (χ2v) is 1.89. The van der Waals surface area contributed by atoms with Gasteiger partial charge in [-0.1, -0.05) is 19.8 Å². The SMILES string of the molecule is C[N-]CC(C)C.[K+]. The van der Waals surface area contributed by atoms with Gasteiger partial charge < -0.3 is 5.32 Å². The van der Waals surface area contributed by atoms with Gasteiger partial charge in [0.25, 0.3) is 0 Å². The summed E-state index contributed by atoms with van der Waals surface area (Å²) in [4.78, 5) is 0. The van der Waals surface area contributed by atoms with Crippen molar-refractivity contribution in [1.82, 2.24) is 0 Å². The van der Waals surface area contributed by atoms with E-state index in [0.29, 0.717) is 0 Å². The summed E-state index contributed by atoms with van der Waals surface area (Å²) in [6.07, 6.45) is 0. The predicted octanol–water partition coefficient (Wildman–Crippen LogP) is -1.35. The Kier molecular flexibility index (Phi) is 12.4. The normalized spacial score (nSPS) is 8.57. The first kappa shape index (κ1) is 11.4. The largest absolute Gasteiger partial charge is 1.00 e. The van der Waals surface area contributed by atoms with Gasteiger partial charge in [-0.05, 0) is 0 Å². The second-order valence-electron chi connectivity index (χ2n) is 1.89. The Bertz CT molecular complexity index is 29.3. The molecular weight excluding hydrogens is 113 g/mol. The fourth-order valence-electron chi connectivity index (χ4n) is 0.365. The van der Waals surface area contributed by atoms with Crippen LogP contribution in [0.15, 0.2) is 0 Å². The summed E-state index contributed by atoms with van der Waals surface area (Å²) in [6, 6.07) is 0. The molecule has 0 saturated carbocycles. The Morgan fingerprint density at radius 2 is 1.86 bits per heavy atom. The van der Waals surface area contributed by atoms with Gasteiger partial charge in [0.2, 0.25) is 0 Å². The smallest absolute Gasteiger partial charge is 0.665 e. The Morgan fingerprint density at radius 1 is 1.43 bits per heavy atom. The molecule has 0 aromatic heterocycles. The zero-order valence-electron chi connectivity index (χ0n) is 5.73. The number of hydrogen-bond acceptors (Lipinski definition) is 0. The molecule has 0 aliphatic heterocycles. The van der Waals surface area contributed by atoms with Gasteiger partial charge in [0.1, 0.15) is 0 Å².